The van der Waals surface area contributed by atoms with E-state index in [4.69, 9.17) is 4.74 Å². The first-order chi connectivity index (χ1) is 30.0. The first-order valence-electron chi connectivity index (χ1n) is 26.7. The normalized spacial score (nSPS) is 12.9. The average Bonchev–Trinajstić information content (AvgIpc) is 3.26. The van der Waals surface area contributed by atoms with Gasteiger partial charge in [-0.25, -0.2) is 0 Å². The third kappa shape index (κ3) is 47.4. The Balaban J connectivity index is 3.51. The molecule has 6 nitrogen and oxygen atoms in total. The maximum atomic E-state index is 12.4. The number of hydrogen-bond acceptors (Lipinski definition) is 5. The van der Waals surface area contributed by atoms with Crippen molar-refractivity contribution in [1.29, 1.82) is 0 Å². The number of ether oxygens (including phenoxy) is 1. The maximum absolute atomic E-state index is 12.4. The van der Waals surface area contributed by atoms with E-state index in [0.29, 0.717) is 25.9 Å². The molecule has 6 heteroatoms. The Hall–Kier alpha value is -1.92. The Morgan fingerprint density at radius 3 is 1.30 bits per heavy atom. The molecular weight excluding hydrogens is 755 g/mol. The summed E-state index contributed by atoms with van der Waals surface area (Å²) in [7, 11) is 0. The van der Waals surface area contributed by atoms with Crippen molar-refractivity contribution in [1.82, 2.24) is 5.32 Å². The van der Waals surface area contributed by atoms with Crippen molar-refractivity contribution in [3.8, 4) is 0 Å². The van der Waals surface area contributed by atoms with Crippen LogP contribution in [-0.4, -0.2) is 47.4 Å². The number of nitrogens with one attached hydrogen (secondary N) is 1. The molecule has 3 N–H and O–H groups in total. The molecule has 0 bridgehead atoms. The fourth-order valence-electron chi connectivity index (χ4n) is 8.02. The van der Waals surface area contributed by atoms with Gasteiger partial charge in [-0.05, 0) is 83.5 Å². The molecule has 0 aromatic heterocycles. The van der Waals surface area contributed by atoms with E-state index in [0.717, 1.165) is 83.5 Å². The van der Waals surface area contributed by atoms with E-state index in [1.807, 2.05) is 0 Å². The van der Waals surface area contributed by atoms with E-state index in [-0.39, 0.29) is 18.5 Å². The molecule has 0 spiro atoms. The summed E-state index contributed by atoms with van der Waals surface area (Å²) < 4.78 is 5.45. The van der Waals surface area contributed by atoms with Gasteiger partial charge in [0.1, 0.15) is 0 Å². The molecular formula is C55H103NO5. The highest BCUT2D eigenvalue weighted by molar-refractivity contribution is 5.76. The summed E-state index contributed by atoms with van der Waals surface area (Å²) >= 11 is 0. The molecule has 358 valence electrons. The second kappa shape index (κ2) is 50.7. The van der Waals surface area contributed by atoms with Gasteiger partial charge in [0.15, 0.2) is 0 Å². The molecule has 0 radical (unpaired) electrons. The Morgan fingerprint density at radius 1 is 0.459 bits per heavy atom. The molecule has 0 saturated carbocycles. The van der Waals surface area contributed by atoms with Crippen LogP contribution >= 0.6 is 0 Å². The van der Waals surface area contributed by atoms with Crippen LogP contribution in [0.15, 0.2) is 36.5 Å². The van der Waals surface area contributed by atoms with Crippen LogP contribution < -0.4 is 5.32 Å². The van der Waals surface area contributed by atoms with E-state index < -0.39 is 12.1 Å². The van der Waals surface area contributed by atoms with Crippen LogP contribution in [0.1, 0.15) is 277 Å². The standard InChI is InChI=1S/C55H103NO5/c1-3-5-7-9-11-13-15-17-19-21-25-29-33-37-41-45-49-55(60)61-50-46-42-38-34-30-26-22-24-28-32-36-40-44-48-54(59)56-52(51-57)53(58)47-43-39-35-31-27-23-20-18-16-14-12-10-8-6-4-2/h13,15,19,21,24,28,52-53,57-58H,3-12,14,16-18,20,22-23,25-27,29-51H2,1-2H3,(H,56,59)/b15-13-,21-19-,28-24-. The largest absolute Gasteiger partial charge is 0.466 e. The summed E-state index contributed by atoms with van der Waals surface area (Å²) in [6, 6.07) is -0.562. The number of carbonyl (C=O) groups is 2. The van der Waals surface area contributed by atoms with Crippen molar-refractivity contribution in [3.05, 3.63) is 36.5 Å². The predicted octanol–water partition coefficient (Wildman–Crippen LogP) is 16.1. The number of amides is 1. The zero-order valence-corrected chi connectivity index (χ0v) is 40.6. The van der Waals surface area contributed by atoms with Crippen molar-refractivity contribution in [2.45, 2.75) is 289 Å². The first-order valence-corrected chi connectivity index (χ1v) is 26.7. The van der Waals surface area contributed by atoms with Crippen LogP contribution in [0.2, 0.25) is 0 Å². The number of allylic oxidation sites excluding steroid dienone is 6. The highest BCUT2D eigenvalue weighted by Crippen LogP contribution is 2.16. The van der Waals surface area contributed by atoms with E-state index in [9.17, 15) is 19.8 Å². The number of hydrogen-bond donors (Lipinski definition) is 3. The summed E-state index contributed by atoms with van der Waals surface area (Å²) in [6.07, 6.45) is 61.1. The van der Waals surface area contributed by atoms with Crippen molar-refractivity contribution in [2.75, 3.05) is 13.2 Å². The number of rotatable bonds is 49. The van der Waals surface area contributed by atoms with Crippen LogP contribution in [0.5, 0.6) is 0 Å². The maximum Gasteiger partial charge on any atom is 0.305 e. The first kappa shape index (κ1) is 59.1. The summed E-state index contributed by atoms with van der Waals surface area (Å²) in [5, 5.41) is 23.2. The highest BCUT2D eigenvalue weighted by atomic mass is 16.5. The number of aliphatic hydroxyl groups is 2. The Bertz CT molecular complexity index is 993. The van der Waals surface area contributed by atoms with Gasteiger partial charge in [-0.3, -0.25) is 9.59 Å². The molecule has 0 aromatic rings. The molecule has 0 aromatic carbocycles. The molecule has 0 saturated heterocycles. The third-order valence-corrected chi connectivity index (χ3v) is 12.2. The second-order valence-corrected chi connectivity index (χ2v) is 18.2. The van der Waals surface area contributed by atoms with Gasteiger partial charge >= 0.3 is 5.97 Å². The summed E-state index contributed by atoms with van der Waals surface area (Å²) in [5.74, 6) is -0.0919. The van der Waals surface area contributed by atoms with E-state index in [2.05, 4.69) is 55.6 Å². The number of esters is 1. The smallest absolute Gasteiger partial charge is 0.305 e. The van der Waals surface area contributed by atoms with Gasteiger partial charge in [0, 0.05) is 12.8 Å². The van der Waals surface area contributed by atoms with E-state index in [1.54, 1.807) is 0 Å². The lowest BCUT2D eigenvalue weighted by atomic mass is 10.0. The lowest BCUT2D eigenvalue weighted by molar-refractivity contribution is -0.143. The summed E-state index contributed by atoms with van der Waals surface area (Å²) in [6.45, 7) is 4.88. The minimum Gasteiger partial charge on any atom is -0.466 e. The summed E-state index contributed by atoms with van der Waals surface area (Å²) in [5.41, 5.74) is 0. The molecule has 61 heavy (non-hydrogen) atoms. The summed E-state index contributed by atoms with van der Waals surface area (Å²) in [4.78, 5) is 24.5. The molecule has 2 unspecified atom stereocenters. The molecule has 0 aliphatic rings. The minimum absolute atomic E-state index is 0.0263. The van der Waals surface area contributed by atoms with Crippen LogP contribution in [0.4, 0.5) is 0 Å². The van der Waals surface area contributed by atoms with Crippen LogP contribution in [0, 0.1) is 0 Å². The molecule has 0 aliphatic heterocycles. The van der Waals surface area contributed by atoms with Gasteiger partial charge in [0.2, 0.25) is 5.91 Å². The number of carbonyl (C=O) groups excluding carboxylic acids is 2. The van der Waals surface area contributed by atoms with Crippen molar-refractivity contribution in [3.63, 3.8) is 0 Å². The van der Waals surface area contributed by atoms with Crippen molar-refractivity contribution >= 4 is 11.9 Å². The minimum atomic E-state index is -0.682. The molecule has 0 aliphatic carbocycles. The van der Waals surface area contributed by atoms with Crippen LogP contribution in [-0.2, 0) is 14.3 Å². The lowest BCUT2D eigenvalue weighted by Crippen LogP contribution is -2.45. The zero-order chi connectivity index (χ0) is 44.4. The van der Waals surface area contributed by atoms with E-state index in [1.165, 1.54) is 161 Å². The van der Waals surface area contributed by atoms with Gasteiger partial charge in [0.25, 0.3) is 0 Å². The van der Waals surface area contributed by atoms with Gasteiger partial charge < -0.3 is 20.3 Å². The van der Waals surface area contributed by atoms with Gasteiger partial charge in [-0.1, -0.05) is 217 Å². The molecule has 0 rings (SSSR count). The quantitative estimate of drug-likeness (QED) is 0.0322. The van der Waals surface area contributed by atoms with E-state index >= 15 is 0 Å². The second-order valence-electron chi connectivity index (χ2n) is 18.2. The number of aliphatic hydroxyl groups excluding tert-OH is 2. The van der Waals surface area contributed by atoms with Gasteiger partial charge in [-0.2, -0.15) is 0 Å². The van der Waals surface area contributed by atoms with Gasteiger partial charge in [-0.15, -0.1) is 0 Å². The Kier molecular flexibility index (Phi) is 49.1. The molecule has 2 atom stereocenters. The molecule has 1 amide bonds. The van der Waals surface area contributed by atoms with Gasteiger partial charge in [0.05, 0.1) is 25.4 Å². The Labute approximate surface area is 379 Å². The van der Waals surface area contributed by atoms with Crippen LogP contribution in [0.25, 0.3) is 0 Å². The number of unbranched alkanes of at least 4 members (excludes halogenated alkanes) is 32. The SMILES string of the molecule is CCCCCC/C=C\C/C=C\CCCCCCCC(=O)OCCCCCCCC/C=C\CCCCCC(=O)NC(CO)C(O)CCCCCCCCCCCCCCCCC. The topological polar surface area (TPSA) is 95.9 Å². The predicted molar refractivity (Wildman–Crippen MR) is 264 cm³/mol. The third-order valence-electron chi connectivity index (χ3n) is 12.2. The zero-order valence-electron chi connectivity index (χ0n) is 40.6. The van der Waals surface area contributed by atoms with Crippen molar-refractivity contribution < 1.29 is 24.5 Å². The van der Waals surface area contributed by atoms with Crippen molar-refractivity contribution in [2.24, 2.45) is 0 Å². The molecule has 0 fully saturated rings. The highest BCUT2D eigenvalue weighted by Gasteiger charge is 2.20. The monoisotopic (exact) mass is 858 g/mol. The fraction of sp³-hybridized carbons (Fsp3) is 0.855. The Morgan fingerprint density at radius 2 is 0.820 bits per heavy atom. The van der Waals surface area contributed by atoms with Crippen LogP contribution in [0.3, 0.4) is 0 Å². The lowest BCUT2D eigenvalue weighted by Gasteiger charge is -2.22. The average molecular weight is 858 g/mol. The fourth-order valence-corrected chi connectivity index (χ4v) is 8.02. The molecule has 0 heterocycles.